The predicted molar refractivity (Wildman–Crippen MR) is 25.5 cm³/mol. The van der Waals surface area contributed by atoms with Crippen LogP contribution in [0.1, 0.15) is 0 Å². The molecule has 1 aromatic heterocycles. The molecule has 0 fully saturated rings. The van der Waals surface area contributed by atoms with E-state index in [4.69, 9.17) is 0 Å². The highest BCUT2D eigenvalue weighted by Gasteiger charge is 1.87. The molecule has 0 spiro atoms. The van der Waals surface area contributed by atoms with Gasteiger partial charge in [0, 0.05) is 12.0 Å². The van der Waals surface area contributed by atoms with Gasteiger partial charge in [0.15, 0.2) is 0 Å². The maximum Gasteiger partial charge on any atom is 0.119 e. The van der Waals surface area contributed by atoms with Crippen LogP contribution in [0.3, 0.4) is 0 Å². The highest BCUT2D eigenvalue weighted by molar-refractivity contribution is 7.94. The van der Waals surface area contributed by atoms with Crippen LogP contribution in [0, 0.1) is 0 Å². The van der Waals surface area contributed by atoms with E-state index in [0.717, 1.165) is 0 Å². The Bertz CT molecular complexity index is 141. The Morgan fingerprint density at radius 3 is 3.25 bits per heavy atom. The molecule has 0 aromatic carbocycles. The Balaban J connectivity index is 2.50. The lowest BCUT2D eigenvalue weighted by Gasteiger charge is -1.98. The van der Waals surface area contributed by atoms with Gasteiger partial charge in [-0.15, -0.1) is 0 Å². The van der Waals surface area contributed by atoms with Gasteiger partial charge in [-0.25, -0.2) is 4.98 Å². The molecule has 0 atom stereocenters. The molecule has 0 saturated carbocycles. The van der Waals surface area contributed by atoms with Crippen molar-refractivity contribution in [3.05, 3.63) is 12.5 Å². The van der Waals surface area contributed by atoms with Gasteiger partial charge in [0.05, 0.1) is 12.5 Å². The summed E-state index contributed by atoms with van der Waals surface area (Å²) in [6.45, 7) is 0. The summed E-state index contributed by atoms with van der Waals surface area (Å²) in [5, 5.41) is 10.0. The molecule has 0 unspecified atom stereocenters. The van der Waals surface area contributed by atoms with Crippen LogP contribution >= 0.6 is 12.0 Å². The first-order chi connectivity index (χ1) is 3.93. The van der Waals surface area contributed by atoms with Gasteiger partial charge < -0.3 is 14.6 Å². The number of nitrogens with one attached hydrogen (secondary N) is 1. The lowest BCUT2D eigenvalue weighted by Crippen LogP contribution is -1.94. The van der Waals surface area contributed by atoms with Crippen LogP contribution in [0.2, 0.25) is 0 Å². The van der Waals surface area contributed by atoms with Crippen LogP contribution in [-0.4, -0.2) is 9.97 Å². The van der Waals surface area contributed by atoms with Gasteiger partial charge in [-0.3, -0.25) is 0 Å². The summed E-state index contributed by atoms with van der Waals surface area (Å²) in [6.07, 6.45) is 2.98. The Labute approximate surface area is 50.0 Å². The van der Waals surface area contributed by atoms with E-state index in [1.807, 2.05) is 0 Å². The fourth-order valence-electron chi connectivity index (χ4n) is 0.325. The second-order valence-corrected chi connectivity index (χ2v) is 1.81. The van der Waals surface area contributed by atoms with E-state index < -0.39 is 0 Å². The smallest absolute Gasteiger partial charge is 0.119 e. The number of hydrogen-bond acceptors (Lipinski definition) is 4. The maximum atomic E-state index is 9.41. The average molecular weight is 131 g/mol. The van der Waals surface area contributed by atoms with Crippen molar-refractivity contribution in [3.63, 3.8) is 0 Å². The molecular formula is C3H3N2O2S-. The fourth-order valence-corrected chi connectivity index (χ4v) is 0.603. The molecule has 1 heterocycles. The van der Waals surface area contributed by atoms with Gasteiger partial charge in [0.25, 0.3) is 0 Å². The summed E-state index contributed by atoms with van der Waals surface area (Å²) >= 11 is 0.708. The van der Waals surface area contributed by atoms with Crippen LogP contribution < -0.4 is 5.26 Å². The number of H-pyrrole nitrogens is 1. The van der Waals surface area contributed by atoms with E-state index in [1.54, 1.807) is 0 Å². The predicted octanol–water partition coefficient (Wildman–Crippen LogP) is -0.291. The van der Waals surface area contributed by atoms with E-state index in [0.29, 0.717) is 17.1 Å². The van der Waals surface area contributed by atoms with E-state index in [1.165, 1.54) is 12.5 Å². The Kier molecular flexibility index (Phi) is 1.90. The maximum absolute atomic E-state index is 9.41. The molecule has 0 aliphatic heterocycles. The van der Waals surface area contributed by atoms with Crippen LogP contribution in [0.4, 0.5) is 0 Å². The molecule has 0 aliphatic rings. The molecule has 0 aliphatic carbocycles. The van der Waals surface area contributed by atoms with Crippen LogP contribution in [0.25, 0.3) is 0 Å². The summed E-state index contributed by atoms with van der Waals surface area (Å²) in [5.74, 6) is 0. The third-order valence-electron chi connectivity index (χ3n) is 0.597. The van der Waals surface area contributed by atoms with Crippen molar-refractivity contribution in [2.24, 2.45) is 0 Å². The second-order valence-electron chi connectivity index (χ2n) is 1.07. The van der Waals surface area contributed by atoms with Crippen molar-refractivity contribution in [2.45, 2.75) is 5.03 Å². The summed E-state index contributed by atoms with van der Waals surface area (Å²) in [5.41, 5.74) is 0. The van der Waals surface area contributed by atoms with E-state index in [9.17, 15) is 5.26 Å². The van der Waals surface area contributed by atoms with Crippen LogP contribution in [0.5, 0.6) is 0 Å². The average Bonchev–Trinajstić information content (AvgIpc) is 2.19. The molecule has 1 rings (SSSR count). The molecule has 4 nitrogen and oxygen atoms in total. The molecule has 1 aromatic rings. The topological polar surface area (TPSA) is 61.0 Å². The molecule has 44 valence electrons. The summed E-state index contributed by atoms with van der Waals surface area (Å²) in [6, 6.07) is 0. The monoisotopic (exact) mass is 131 g/mol. The molecule has 0 saturated heterocycles. The molecule has 0 amide bonds. The van der Waals surface area contributed by atoms with Gasteiger partial charge in [-0.05, 0) is 0 Å². The summed E-state index contributed by atoms with van der Waals surface area (Å²) in [4.78, 5) is 6.31. The van der Waals surface area contributed by atoms with Crippen molar-refractivity contribution in [2.75, 3.05) is 0 Å². The highest BCUT2D eigenvalue weighted by Crippen LogP contribution is 2.10. The Hall–Kier alpha value is -0.520. The largest absolute Gasteiger partial charge is 0.710 e. The normalized spacial score (nSPS) is 9.62. The van der Waals surface area contributed by atoms with E-state index in [-0.39, 0.29) is 0 Å². The first-order valence-corrected chi connectivity index (χ1v) is 2.62. The number of aromatic amines is 1. The van der Waals surface area contributed by atoms with Crippen molar-refractivity contribution >= 4 is 12.0 Å². The van der Waals surface area contributed by atoms with E-state index in [2.05, 4.69) is 14.3 Å². The molecule has 1 N–H and O–H groups in total. The van der Waals surface area contributed by atoms with Gasteiger partial charge in [0.2, 0.25) is 0 Å². The molecule has 0 radical (unpaired) electrons. The third kappa shape index (κ3) is 1.22. The minimum atomic E-state index is 0.611. The number of nitrogens with zero attached hydrogens (tertiary/aromatic N) is 1. The summed E-state index contributed by atoms with van der Waals surface area (Å²) in [7, 11) is 0. The standard InChI is InChI=1S/C3H4N2O2S/c6-7-8-3-1-4-2-5-3/h1-2,6H,(H,4,5)/p-1. The fraction of sp³-hybridized carbons (Fsp3) is 0. The number of rotatable bonds is 2. The first kappa shape index (κ1) is 5.61. The van der Waals surface area contributed by atoms with Crippen molar-refractivity contribution in [1.29, 1.82) is 0 Å². The van der Waals surface area contributed by atoms with Crippen molar-refractivity contribution < 1.29 is 9.59 Å². The quantitative estimate of drug-likeness (QED) is 0.340. The zero-order valence-electron chi connectivity index (χ0n) is 3.83. The second kappa shape index (κ2) is 2.71. The minimum Gasteiger partial charge on any atom is -0.710 e. The van der Waals surface area contributed by atoms with Crippen molar-refractivity contribution in [1.82, 2.24) is 9.97 Å². The minimum absolute atomic E-state index is 0.611. The first-order valence-electron chi connectivity index (χ1n) is 1.88. The van der Waals surface area contributed by atoms with Crippen LogP contribution in [-0.2, 0) is 4.33 Å². The molecule has 8 heavy (non-hydrogen) atoms. The number of aromatic nitrogens is 2. The Morgan fingerprint density at radius 2 is 2.75 bits per heavy atom. The molecular weight excluding hydrogens is 128 g/mol. The summed E-state index contributed by atoms with van der Waals surface area (Å²) < 4.78 is 3.48. The molecule has 0 bridgehead atoms. The van der Waals surface area contributed by atoms with Crippen LogP contribution in [0.15, 0.2) is 17.6 Å². The lowest BCUT2D eigenvalue weighted by atomic mass is 11.0. The van der Waals surface area contributed by atoms with Gasteiger partial charge in [-0.1, -0.05) is 0 Å². The van der Waals surface area contributed by atoms with Gasteiger partial charge >= 0.3 is 0 Å². The SMILES string of the molecule is [O-]OSc1cnc[nH]1. The number of imidazole rings is 1. The highest BCUT2D eigenvalue weighted by atomic mass is 32.2. The zero-order chi connectivity index (χ0) is 5.82. The number of hydrogen-bond donors (Lipinski definition) is 1. The lowest BCUT2D eigenvalue weighted by molar-refractivity contribution is -0.630. The third-order valence-corrected chi connectivity index (χ3v) is 1.07. The zero-order valence-corrected chi connectivity index (χ0v) is 4.64. The van der Waals surface area contributed by atoms with Crippen molar-refractivity contribution in [3.8, 4) is 0 Å². The van der Waals surface area contributed by atoms with Gasteiger partial charge in [0.1, 0.15) is 5.03 Å². The van der Waals surface area contributed by atoms with Gasteiger partial charge in [-0.2, -0.15) is 0 Å². The Morgan fingerprint density at radius 1 is 1.88 bits per heavy atom. The van der Waals surface area contributed by atoms with E-state index >= 15 is 0 Å². The molecule has 5 heteroatoms.